The molecule has 0 unspecified atom stereocenters. The summed E-state index contributed by atoms with van der Waals surface area (Å²) in [5, 5.41) is 6.43. The summed E-state index contributed by atoms with van der Waals surface area (Å²) in [5.41, 5.74) is 8.61. The highest BCUT2D eigenvalue weighted by Gasteiger charge is 2.49. The first-order chi connectivity index (χ1) is 18.2. The molecule has 1 spiro atoms. The summed E-state index contributed by atoms with van der Waals surface area (Å²) in [7, 11) is 2.02. The molecule has 200 valence electrons. The van der Waals surface area contributed by atoms with Gasteiger partial charge in [-0.15, -0.1) is 0 Å². The Labute approximate surface area is 230 Å². The summed E-state index contributed by atoms with van der Waals surface area (Å²) < 4.78 is 1.98. The van der Waals surface area contributed by atoms with Gasteiger partial charge in [-0.25, -0.2) is 4.98 Å². The highest BCUT2D eigenvalue weighted by molar-refractivity contribution is 6.33. The molecule has 6 rings (SSSR count). The molecule has 3 aliphatic rings. The van der Waals surface area contributed by atoms with E-state index in [-0.39, 0.29) is 11.3 Å². The Morgan fingerprint density at radius 3 is 2.71 bits per heavy atom. The van der Waals surface area contributed by atoms with Gasteiger partial charge in [0, 0.05) is 67.7 Å². The molecule has 1 aromatic carbocycles. The second kappa shape index (κ2) is 9.38. The lowest BCUT2D eigenvalue weighted by Gasteiger charge is -2.47. The Hall–Kier alpha value is -2.90. The molecule has 0 bridgehead atoms. The van der Waals surface area contributed by atoms with Crippen LogP contribution < -0.4 is 4.90 Å². The molecule has 38 heavy (non-hydrogen) atoms. The Morgan fingerprint density at radius 2 is 1.97 bits per heavy atom. The summed E-state index contributed by atoms with van der Waals surface area (Å²) >= 11 is 6.82. The van der Waals surface area contributed by atoms with Crippen molar-refractivity contribution in [2.24, 2.45) is 12.5 Å². The topological polar surface area (TPSA) is 57.5 Å². The van der Waals surface area contributed by atoms with Crippen LogP contribution >= 0.6 is 11.6 Å². The normalized spacial score (nSPS) is 18.8. The van der Waals surface area contributed by atoms with Crippen molar-refractivity contribution >= 4 is 34.2 Å². The first-order valence-electron chi connectivity index (χ1n) is 13.8. The van der Waals surface area contributed by atoms with Gasteiger partial charge in [0.15, 0.2) is 0 Å². The van der Waals surface area contributed by atoms with Crippen LogP contribution in [0.2, 0.25) is 5.02 Å². The number of aryl methyl sites for hydroxylation is 1. The number of benzene rings is 1. The maximum atomic E-state index is 12.1. The third-order valence-corrected chi connectivity index (χ3v) is 9.33. The maximum absolute atomic E-state index is 12.1. The van der Waals surface area contributed by atoms with Crippen LogP contribution in [0.15, 0.2) is 24.9 Å². The first-order valence-corrected chi connectivity index (χ1v) is 14.1. The van der Waals surface area contributed by atoms with Crippen LogP contribution in [0.5, 0.6) is 0 Å². The van der Waals surface area contributed by atoms with Crippen molar-refractivity contribution in [2.45, 2.75) is 46.6 Å². The number of nitrogens with zero attached hydrogens (tertiary/aromatic N) is 6. The Balaban J connectivity index is 1.48. The van der Waals surface area contributed by atoms with E-state index < -0.39 is 0 Å². The molecule has 7 nitrogen and oxygen atoms in total. The fourth-order valence-corrected chi connectivity index (χ4v) is 7.22. The van der Waals surface area contributed by atoms with Crippen LogP contribution in [0.1, 0.15) is 42.1 Å². The zero-order valence-corrected chi connectivity index (χ0v) is 23.7. The number of amides is 1. The van der Waals surface area contributed by atoms with E-state index in [9.17, 15) is 4.79 Å². The number of halogens is 1. The quantitative estimate of drug-likeness (QED) is 0.437. The molecule has 5 heterocycles. The fourth-order valence-electron chi connectivity index (χ4n) is 7.01. The highest BCUT2D eigenvalue weighted by atomic mass is 35.5. The largest absolute Gasteiger partial charge is 0.356 e. The predicted octanol–water partition coefficient (Wildman–Crippen LogP) is 4.90. The number of pyridine rings is 1. The van der Waals surface area contributed by atoms with Crippen LogP contribution in [0, 0.1) is 19.3 Å². The van der Waals surface area contributed by atoms with Crippen molar-refractivity contribution in [1.29, 1.82) is 0 Å². The van der Waals surface area contributed by atoms with Gasteiger partial charge in [0.25, 0.3) is 0 Å². The van der Waals surface area contributed by atoms with E-state index in [1.54, 1.807) is 0 Å². The molecule has 0 aliphatic carbocycles. The zero-order chi connectivity index (χ0) is 26.8. The molecular formula is C30H37ClN6O. The minimum Gasteiger partial charge on any atom is -0.356 e. The van der Waals surface area contributed by atoms with Gasteiger partial charge in [0.2, 0.25) is 5.91 Å². The number of rotatable bonds is 5. The van der Waals surface area contributed by atoms with Gasteiger partial charge in [0.05, 0.1) is 17.4 Å². The number of fused-ring (bicyclic) bond motifs is 2. The van der Waals surface area contributed by atoms with Gasteiger partial charge in [-0.1, -0.05) is 25.1 Å². The van der Waals surface area contributed by atoms with Crippen molar-refractivity contribution in [3.8, 4) is 11.1 Å². The Kier molecular flexibility index (Phi) is 6.27. The van der Waals surface area contributed by atoms with E-state index in [2.05, 4.69) is 42.2 Å². The van der Waals surface area contributed by atoms with Crippen molar-refractivity contribution in [2.75, 3.05) is 44.2 Å². The van der Waals surface area contributed by atoms with E-state index in [1.807, 2.05) is 28.9 Å². The first kappa shape index (κ1) is 25.4. The number of hydrogen-bond acceptors (Lipinski definition) is 5. The Bertz CT molecular complexity index is 1450. The van der Waals surface area contributed by atoms with Crippen molar-refractivity contribution in [3.05, 3.63) is 52.3 Å². The van der Waals surface area contributed by atoms with Crippen molar-refractivity contribution in [3.63, 3.8) is 0 Å². The molecule has 2 fully saturated rings. The molecule has 8 heteroatoms. The summed E-state index contributed by atoms with van der Waals surface area (Å²) in [6.07, 6.45) is 6.53. The van der Waals surface area contributed by atoms with Gasteiger partial charge >= 0.3 is 0 Å². The van der Waals surface area contributed by atoms with Gasteiger partial charge in [-0.3, -0.25) is 14.4 Å². The minimum absolute atomic E-state index is 0.0343. The van der Waals surface area contributed by atoms with Crippen molar-refractivity contribution < 1.29 is 4.79 Å². The lowest BCUT2D eigenvalue weighted by molar-refractivity contribution is -0.136. The molecule has 2 aromatic heterocycles. The van der Waals surface area contributed by atoms with Gasteiger partial charge in [0.1, 0.15) is 5.82 Å². The molecule has 3 aromatic rings. The lowest BCUT2D eigenvalue weighted by Crippen LogP contribution is -2.59. The smallest absolute Gasteiger partial charge is 0.245 e. The van der Waals surface area contributed by atoms with E-state index in [0.717, 1.165) is 92.4 Å². The molecule has 0 radical (unpaired) electrons. The monoisotopic (exact) mass is 532 g/mol. The number of carbonyl (C=O) groups excluding carboxylic acids is 1. The van der Waals surface area contributed by atoms with Gasteiger partial charge < -0.3 is 9.80 Å². The fraction of sp³-hybridized carbons (Fsp3) is 0.500. The van der Waals surface area contributed by atoms with Crippen LogP contribution in [0.25, 0.3) is 22.0 Å². The van der Waals surface area contributed by atoms with Crippen LogP contribution in [-0.4, -0.2) is 69.7 Å². The third-order valence-electron chi connectivity index (χ3n) is 8.94. The molecule has 2 saturated heterocycles. The molecule has 0 saturated carbocycles. The number of aromatic nitrogens is 3. The summed E-state index contributed by atoms with van der Waals surface area (Å²) in [6, 6.07) is 2.03. The van der Waals surface area contributed by atoms with Crippen LogP contribution in [0.3, 0.4) is 0 Å². The SMILES string of the molecule is C=CC(=O)N1CC2(CCN(c3nc4c(c(-c5c(C)c(Cl)cc6cnn(C)c56)c3C)CCN(CCC)C4)C2)C1. The standard InChI is InChI=1S/C30H37ClN6O/c1-6-10-35-11-8-22-24(15-35)33-29(36-12-9-30(16-36)17-37(18-30)25(38)7-2)20(4)26(22)27-19(3)23(31)13-21-14-32-34(5)28(21)27/h7,13-14H,2,6,8-12,15-18H2,1,3-5H3. The maximum Gasteiger partial charge on any atom is 0.245 e. The molecular weight excluding hydrogens is 496 g/mol. The Morgan fingerprint density at radius 1 is 1.18 bits per heavy atom. The number of likely N-dealkylation sites (tertiary alicyclic amines) is 1. The zero-order valence-electron chi connectivity index (χ0n) is 23.0. The van der Waals surface area contributed by atoms with E-state index >= 15 is 0 Å². The molecule has 0 N–H and O–H groups in total. The molecule has 1 amide bonds. The third kappa shape index (κ3) is 3.93. The van der Waals surface area contributed by atoms with Crippen molar-refractivity contribution in [1.82, 2.24) is 24.6 Å². The van der Waals surface area contributed by atoms with Gasteiger partial charge in [-0.2, -0.15) is 5.10 Å². The summed E-state index contributed by atoms with van der Waals surface area (Å²) in [4.78, 5) is 24.4. The highest BCUT2D eigenvalue weighted by Crippen LogP contribution is 2.46. The average Bonchev–Trinajstić information content (AvgIpc) is 3.48. The van der Waals surface area contributed by atoms with E-state index in [4.69, 9.17) is 16.6 Å². The number of anilines is 1. The second-order valence-corrected chi connectivity index (χ2v) is 11.9. The van der Waals surface area contributed by atoms with Crippen LogP contribution in [0.4, 0.5) is 5.82 Å². The lowest BCUT2D eigenvalue weighted by atomic mass is 9.79. The summed E-state index contributed by atoms with van der Waals surface area (Å²) in [5.74, 6) is 1.12. The summed E-state index contributed by atoms with van der Waals surface area (Å²) in [6.45, 7) is 16.8. The average molecular weight is 533 g/mol. The predicted molar refractivity (Wildman–Crippen MR) is 154 cm³/mol. The van der Waals surface area contributed by atoms with Gasteiger partial charge in [-0.05, 0) is 74.1 Å². The number of hydrogen-bond donors (Lipinski definition) is 0. The molecule has 0 atom stereocenters. The van der Waals surface area contributed by atoms with E-state index in [1.165, 1.54) is 34.0 Å². The van der Waals surface area contributed by atoms with E-state index in [0.29, 0.717) is 0 Å². The number of carbonyl (C=O) groups is 1. The molecule has 3 aliphatic heterocycles. The minimum atomic E-state index is 0.0343. The second-order valence-electron chi connectivity index (χ2n) is 11.5. The van der Waals surface area contributed by atoms with Crippen LogP contribution in [-0.2, 0) is 24.8 Å².